The first kappa shape index (κ1) is 20.9. The molecule has 1 aromatic heterocycles. The Balaban J connectivity index is 1.60. The molecule has 0 bridgehead atoms. The summed E-state index contributed by atoms with van der Waals surface area (Å²) in [6.45, 7) is 7.90. The SMILES string of the molecule is CC(=O)NCCCCCc1nc2ccccc2n1CCOc1ccc(C)c(C)c1. The highest BCUT2D eigenvalue weighted by molar-refractivity contribution is 5.75. The fourth-order valence-corrected chi connectivity index (χ4v) is 3.47. The highest BCUT2D eigenvalue weighted by atomic mass is 16.5. The molecule has 3 rings (SSSR count). The normalized spacial score (nSPS) is 11.0. The molecule has 0 atom stereocenters. The Morgan fingerprint density at radius 2 is 1.90 bits per heavy atom. The van der Waals surface area contributed by atoms with Crippen molar-refractivity contribution in [2.45, 2.75) is 53.0 Å². The second-order valence-corrected chi connectivity index (χ2v) is 7.56. The van der Waals surface area contributed by atoms with Crippen molar-refractivity contribution in [3.05, 3.63) is 59.4 Å². The Morgan fingerprint density at radius 3 is 2.69 bits per heavy atom. The van der Waals surface area contributed by atoms with Gasteiger partial charge in [0, 0.05) is 19.9 Å². The fraction of sp³-hybridized carbons (Fsp3) is 0.417. The number of carbonyl (C=O) groups excluding carboxylic acids is 1. The van der Waals surface area contributed by atoms with Gasteiger partial charge in [-0.15, -0.1) is 0 Å². The van der Waals surface area contributed by atoms with E-state index in [0.29, 0.717) is 6.61 Å². The number of carbonyl (C=O) groups is 1. The van der Waals surface area contributed by atoms with E-state index in [-0.39, 0.29) is 5.91 Å². The van der Waals surface area contributed by atoms with Crippen molar-refractivity contribution in [1.29, 1.82) is 0 Å². The highest BCUT2D eigenvalue weighted by Crippen LogP contribution is 2.19. The summed E-state index contributed by atoms with van der Waals surface area (Å²) >= 11 is 0. The summed E-state index contributed by atoms with van der Waals surface area (Å²) in [7, 11) is 0. The van der Waals surface area contributed by atoms with Crippen LogP contribution < -0.4 is 10.1 Å². The van der Waals surface area contributed by atoms with E-state index in [1.165, 1.54) is 11.1 Å². The first-order valence-corrected chi connectivity index (χ1v) is 10.4. The smallest absolute Gasteiger partial charge is 0.216 e. The van der Waals surface area contributed by atoms with Gasteiger partial charge in [0.1, 0.15) is 18.2 Å². The number of aryl methyl sites for hydroxylation is 3. The summed E-state index contributed by atoms with van der Waals surface area (Å²) < 4.78 is 8.29. The third kappa shape index (κ3) is 5.83. The molecular formula is C24H31N3O2. The maximum Gasteiger partial charge on any atom is 0.216 e. The summed E-state index contributed by atoms with van der Waals surface area (Å²) in [5, 5.41) is 2.85. The van der Waals surface area contributed by atoms with Crippen molar-refractivity contribution in [1.82, 2.24) is 14.9 Å². The molecule has 0 aliphatic heterocycles. The lowest BCUT2D eigenvalue weighted by Gasteiger charge is -2.12. The second-order valence-electron chi connectivity index (χ2n) is 7.56. The predicted octanol–water partition coefficient (Wildman–Crippen LogP) is 4.58. The van der Waals surface area contributed by atoms with E-state index in [1.54, 1.807) is 6.92 Å². The zero-order valence-electron chi connectivity index (χ0n) is 17.7. The minimum absolute atomic E-state index is 0.0376. The molecule has 0 aliphatic rings. The van der Waals surface area contributed by atoms with Gasteiger partial charge in [0.2, 0.25) is 5.91 Å². The number of hydrogen-bond acceptors (Lipinski definition) is 3. The van der Waals surface area contributed by atoms with Crippen molar-refractivity contribution >= 4 is 16.9 Å². The van der Waals surface area contributed by atoms with Crippen LogP contribution in [0, 0.1) is 13.8 Å². The van der Waals surface area contributed by atoms with Crippen molar-refractivity contribution in [3.8, 4) is 5.75 Å². The van der Waals surface area contributed by atoms with E-state index in [1.807, 2.05) is 12.1 Å². The van der Waals surface area contributed by atoms with Crippen molar-refractivity contribution in [2.75, 3.05) is 13.2 Å². The molecule has 0 spiro atoms. The minimum Gasteiger partial charge on any atom is -0.492 e. The van der Waals surface area contributed by atoms with Crippen LogP contribution in [0.3, 0.4) is 0 Å². The van der Waals surface area contributed by atoms with Crippen LogP contribution in [0.25, 0.3) is 11.0 Å². The average Bonchev–Trinajstić information content (AvgIpc) is 3.05. The Bertz CT molecular complexity index is 962. The third-order valence-electron chi connectivity index (χ3n) is 5.25. The van der Waals surface area contributed by atoms with Crippen LogP contribution in [0.1, 0.15) is 43.1 Å². The Labute approximate surface area is 173 Å². The van der Waals surface area contributed by atoms with Gasteiger partial charge in [-0.05, 0) is 62.1 Å². The Hall–Kier alpha value is -2.82. The van der Waals surface area contributed by atoms with Crippen LogP contribution >= 0.6 is 0 Å². The molecule has 0 unspecified atom stereocenters. The van der Waals surface area contributed by atoms with Crippen LogP contribution in [0.5, 0.6) is 5.75 Å². The zero-order chi connectivity index (χ0) is 20.6. The number of aromatic nitrogens is 2. The highest BCUT2D eigenvalue weighted by Gasteiger charge is 2.10. The molecule has 1 amide bonds. The first-order valence-electron chi connectivity index (χ1n) is 10.4. The van der Waals surface area contributed by atoms with Crippen LogP contribution in [0.4, 0.5) is 0 Å². The summed E-state index contributed by atoms with van der Waals surface area (Å²) in [4.78, 5) is 15.8. The molecule has 1 N–H and O–H groups in total. The third-order valence-corrected chi connectivity index (χ3v) is 5.25. The van der Waals surface area contributed by atoms with E-state index < -0.39 is 0 Å². The van der Waals surface area contributed by atoms with Crippen molar-refractivity contribution < 1.29 is 9.53 Å². The Morgan fingerprint density at radius 1 is 1.07 bits per heavy atom. The molecule has 5 heteroatoms. The van der Waals surface area contributed by atoms with E-state index >= 15 is 0 Å². The molecule has 0 saturated heterocycles. The number of rotatable bonds is 10. The topological polar surface area (TPSA) is 56.2 Å². The number of nitrogens with one attached hydrogen (secondary N) is 1. The molecule has 5 nitrogen and oxygen atoms in total. The summed E-state index contributed by atoms with van der Waals surface area (Å²) in [5.74, 6) is 2.06. The molecule has 0 saturated carbocycles. The van der Waals surface area contributed by atoms with Crippen LogP contribution in [-0.4, -0.2) is 28.6 Å². The lowest BCUT2D eigenvalue weighted by molar-refractivity contribution is -0.118. The van der Waals surface area contributed by atoms with Gasteiger partial charge < -0.3 is 14.6 Å². The summed E-state index contributed by atoms with van der Waals surface area (Å²) in [6, 6.07) is 14.5. The minimum atomic E-state index is 0.0376. The second kappa shape index (κ2) is 10.1. The van der Waals surface area contributed by atoms with Gasteiger partial charge >= 0.3 is 0 Å². The van der Waals surface area contributed by atoms with E-state index in [9.17, 15) is 4.79 Å². The van der Waals surface area contributed by atoms with E-state index in [4.69, 9.17) is 9.72 Å². The number of ether oxygens (including phenoxy) is 1. The van der Waals surface area contributed by atoms with Crippen LogP contribution in [-0.2, 0) is 17.8 Å². The van der Waals surface area contributed by atoms with Gasteiger partial charge in [0.25, 0.3) is 0 Å². The summed E-state index contributed by atoms with van der Waals surface area (Å²) in [5.41, 5.74) is 4.71. The van der Waals surface area contributed by atoms with Crippen LogP contribution in [0.15, 0.2) is 42.5 Å². The monoisotopic (exact) mass is 393 g/mol. The average molecular weight is 394 g/mol. The van der Waals surface area contributed by atoms with Gasteiger partial charge in [-0.25, -0.2) is 4.98 Å². The Kier molecular flexibility index (Phi) is 7.28. The molecule has 154 valence electrons. The van der Waals surface area contributed by atoms with Crippen molar-refractivity contribution in [3.63, 3.8) is 0 Å². The standard InChI is InChI=1S/C24H31N3O2/c1-18-12-13-21(17-19(18)2)29-16-15-27-23-10-7-6-9-22(23)26-24(27)11-5-4-8-14-25-20(3)28/h6-7,9-10,12-13,17H,4-5,8,11,14-16H2,1-3H3,(H,25,28). The molecular weight excluding hydrogens is 362 g/mol. The lowest BCUT2D eigenvalue weighted by atomic mass is 10.1. The number of hydrogen-bond donors (Lipinski definition) is 1. The summed E-state index contributed by atoms with van der Waals surface area (Å²) in [6.07, 6.45) is 4.05. The van der Waals surface area contributed by atoms with E-state index in [0.717, 1.165) is 61.4 Å². The zero-order valence-corrected chi connectivity index (χ0v) is 17.7. The molecule has 0 fully saturated rings. The van der Waals surface area contributed by atoms with Gasteiger partial charge in [-0.3, -0.25) is 4.79 Å². The number of para-hydroxylation sites is 2. The van der Waals surface area contributed by atoms with E-state index in [2.05, 4.69) is 54.1 Å². The maximum absolute atomic E-state index is 10.9. The van der Waals surface area contributed by atoms with Crippen LogP contribution in [0.2, 0.25) is 0 Å². The predicted molar refractivity (Wildman–Crippen MR) is 117 cm³/mol. The molecule has 0 radical (unpaired) electrons. The number of benzene rings is 2. The number of fused-ring (bicyclic) bond motifs is 1. The largest absolute Gasteiger partial charge is 0.492 e. The molecule has 2 aromatic carbocycles. The molecule has 3 aromatic rings. The quantitative estimate of drug-likeness (QED) is 0.513. The fourth-order valence-electron chi connectivity index (χ4n) is 3.47. The van der Waals surface area contributed by atoms with Gasteiger partial charge in [-0.2, -0.15) is 0 Å². The molecule has 29 heavy (non-hydrogen) atoms. The number of nitrogens with zero attached hydrogens (tertiary/aromatic N) is 2. The number of unbranched alkanes of at least 4 members (excludes halogenated alkanes) is 2. The number of amides is 1. The van der Waals surface area contributed by atoms with Gasteiger partial charge in [0.15, 0.2) is 0 Å². The number of imidazole rings is 1. The van der Waals surface area contributed by atoms with Crippen molar-refractivity contribution in [2.24, 2.45) is 0 Å². The lowest BCUT2D eigenvalue weighted by Crippen LogP contribution is -2.20. The molecule has 0 aliphatic carbocycles. The maximum atomic E-state index is 10.9. The first-order chi connectivity index (χ1) is 14.0. The molecule has 1 heterocycles. The van der Waals surface area contributed by atoms with Gasteiger partial charge in [-0.1, -0.05) is 24.6 Å². The van der Waals surface area contributed by atoms with Gasteiger partial charge in [0.05, 0.1) is 17.6 Å².